The van der Waals surface area contributed by atoms with Crippen molar-refractivity contribution in [1.29, 1.82) is 0 Å². The maximum atomic E-state index is 13.6. The number of aliphatic hydroxyl groups is 2. The first-order valence-electron chi connectivity index (χ1n) is 22.8. The molecular weight excluding hydrogens is 833 g/mol. The van der Waals surface area contributed by atoms with Gasteiger partial charge in [0.05, 0.1) is 44.4 Å². The van der Waals surface area contributed by atoms with E-state index in [4.69, 9.17) is 33.9 Å². The van der Waals surface area contributed by atoms with Crippen LogP contribution in [-0.2, 0) is 47.3 Å². The summed E-state index contributed by atoms with van der Waals surface area (Å²) in [5.74, 6) is 20.1. The van der Waals surface area contributed by atoms with E-state index < -0.39 is 68.5 Å². The fraction of sp³-hybridized carbons (Fsp3) is 0.457. The lowest BCUT2D eigenvalue weighted by Crippen LogP contribution is -2.42. The summed E-state index contributed by atoms with van der Waals surface area (Å²) in [5.41, 5.74) is 0. The zero-order valence-corrected chi connectivity index (χ0v) is 37.2. The first kappa shape index (κ1) is 46.5. The quantitative estimate of drug-likeness (QED) is 0.124. The fourth-order valence-corrected chi connectivity index (χ4v) is 8.32. The molecule has 342 valence electrons. The van der Waals surface area contributed by atoms with Crippen LogP contribution < -0.4 is 9.61 Å². The van der Waals surface area contributed by atoms with Gasteiger partial charge in [0.1, 0.15) is 30.4 Å². The minimum Gasteiger partial charge on any atom is -0.468 e. The molecule has 63 heavy (non-hydrogen) atoms. The summed E-state index contributed by atoms with van der Waals surface area (Å²) in [5, 5.41) is 23.0. The van der Waals surface area contributed by atoms with E-state index in [0.29, 0.717) is 0 Å². The van der Waals surface area contributed by atoms with E-state index in [1.165, 1.54) is 55.3 Å². The van der Waals surface area contributed by atoms with Crippen LogP contribution in [0, 0.1) is 77.5 Å². The highest BCUT2D eigenvalue weighted by Crippen LogP contribution is 2.48. The molecule has 0 spiro atoms. The highest BCUT2D eigenvalue weighted by Gasteiger charge is 2.50. The molecule has 0 radical (unpaired) electrons. The average Bonchev–Trinajstić information content (AvgIpc) is 3.80. The van der Waals surface area contributed by atoms with Crippen molar-refractivity contribution in [3.63, 3.8) is 0 Å². The van der Waals surface area contributed by atoms with Crippen molar-refractivity contribution in [2.24, 2.45) is 17.8 Å². The fourth-order valence-electron chi connectivity index (χ4n) is 6.62. The van der Waals surface area contributed by atoms with Gasteiger partial charge >= 0.3 is 13.7 Å². The first-order valence-corrected chi connectivity index (χ1v) is 21.4. The predicted octanol–water partition coefficient (Wildman–Crippen LogP) is 4.08. The topological polar surface area (TPSA) is 208 Å². The Kier molecular flexibility index (Phi) is 18.2. The number of hydrogen-bond donors (Lipinski definition) is 3. The van der Waals surface area contributed by atoms with E-state index in [-0.39, 0.29) is 55.4 Å². The molecular formula is C46H60N3O13P. The van der Waals surface area contributed by atoms with E-state index in [9.17, 15) is 38.8 Å². The second-order valence-electron chi connectivity index (χ2n) is 14.7. The van der Waals surface area contributed by atoms with Crippen LogP contribution in [0.15, 0.2) is 54.9 Å². The zero-order chi connectivity index (χ0) is 52.9. The molecule has 2 fully saturated rings. The Labute approximate surface area is 379 Å². The van der Waals surface area contributed by atoms with Gasteiger partial charge in [-0.3, -0.25) is 38.3 Å². The van der Waals surface area contributed by atoms with Gasteiger partial charge in [0.25, 0.3) is 0 Å². The van der Waals surface area contributed by atoms with Crippen LogP contribution in [0.1, 0.15) is 71.6 Å². The van der Waals surface area contributed by atoms with Gasteiger partial charge in [0.15, 0.2) is 11.6 Å². The Morgan fingerprint density at radius 3 is 1.84 bits per heavy atom. The lowest BCUT2D eigenvalue weighted by atomic mass is 9.90. The number of terminal acetylenes is 1. The van der Waals surface area contributed by atoms with E-state index in [1.807, 2.05) is 13.8 Å². The van der Waals surface area contributed by atoms with E-state index in [0.717, 1.165) is 0 Å². The molecule has 1 aromatic carbocycles. The third-order valence-corrected chi connectivity index (χ3v) is 11.8. The van der Waals surface area contributed by atoms with Crippen molar-refractivity contribution < 1.29 is 72.3 Å². The van der Waals surface area contributed by atoms with Gasteiger partial charge < -0.3 is 28.9 Å². The highest BCUT2D eigenvalue weighted by molar-refractivity contribution is 7.52. The summed E-state index contributed by atoms with van der Waals surface area (Å²) >= 11 is 0. The number of rotatable bonds is 11. The molecule has 4 heterocycles. The molecule has 0 aromatic heterocycles. The number of methoxy groups -OCH3 is 1. The molecule has 3 N–H and O–H groups in total. The molecule has 12 atom stereocenters. The molecule has 1 aromatic rings. The number of carbonyl (C=O) groups is 5. The van der Waals surface area contributed by atoms with Crippen molar-refractivity contribution in [3.05, 3.63) is 54.9 Å². The molecule has 16 nitrogen and oxygen atoms in total. The van der Waals surface area contributed by atoms with Crippen LogP contribution in [0.25, 0.3) is 0 Å². The Balaban J connectivity index is 0. The van der Waals surface area contributed by atoms with Crippen molar-refractivity contribution >= 4 is 37.1 Å². The van der Waals surface area contributed by atoms with Gasteiger partial charge in [-0.05, 0) is 105 Å². The average molecular weight is 901 g/mol. The monoisotopic (exact) mass is 900 g/mol. The number of nitrogens with zero attached hydrogens (tertiary/aromatic N) is 2. The number of hydrogen-bond acceptors (Lipinski definition) is 13. The number of amides is 2. The second-order valence-corrected chi connectivity index (χ2v) is 16.3. The molecule has 3 unspecified atom stereocenters. The molecule has 4 aliphatic rings. The van der Waals surface area contributed by atoms with Crippen LogP contribution in [0.2, 0.25) is 0 Å². The minimum absolute atomic E-state index is 0. The number of allylic oxidation sites excluding steroid dienone is 2. The normalized spacial score (nSPS) is 27.3. The van der Waals surface area contributed by atoms with Crippen LogP contribution in [0.4, 0.5) is 0 Å². The standard InChI is InChI=1S/C22H29N2O9P.C13H19NO4.C11H4.4H2/c1-13-19(27)20(31-21(13)24-11-10-16(25)12-18(24)26)15(3)32-34(29,23-14(2)22(28)30-4)33-17-8-6-5-7-9-17;1-7-8(2)13(18-12(7)9(3)15)14-5-4-10(16)6-11(14)17;1-3-5-7-9-11-10-8-6-4-2;;;;/h5-11,13-15,19-21,27H,12H2,1-4H3,(H,23,29);4-5,7-9,12-13,15H,6H2,1-3H3;1H,2H3;4*1H/t13-,14-,15?,19-,20+,21+,34?;7-,8-,9?,12-,13+;;;;;/m00...../s1/i;;;3*1+1D;1+1. The maximum Gasteiger partial charge on any atom is 0.459 e. The van der Waals surface area contributed by atoms with E-state index in [1.54, 1.807) is 51.1 Å². The number of ketones is 2. The van der Waals surface area contributed by atoms with Gasteiger partial charge in [0.2, 0.25) is 11.8 Å². The summed E-state index contributed by atoms with van der Waals surface area (Å²) in [6, 6.07) is 7.22. The summed E-state index contributed by atoms with van der Waals surface area (Å²) < 4.78 is 71.4. The van der Waals surface area contributed by atoms with Crippen LogP contribution in [0.5, 0.6) is 5.75 Å². The van der Waals surface area contributed by atoms with Gasteiger partial charge in [-0.25, -0.2) is 4.57 Å². The third kappa shape index (κ3) is 14.8. The van der Waals surface area contributed by atoms with Gasteiger partial charge in [-0.15, -0.1) is 6.42 Å². The predicted molar refractivity (Wildman–Crippen MR) is 238 cm³/mol. The van der Waals surface area contributed by atoms with Crippen LogP contribution in [0.3, 0.4) is 0 Å². The Bertz CT molecular complexity index is 2270. The first-order chi connectivity index (χ1) is 32.9. The molecule has 2 saturated heterocycles. The summed E-state index contributed by atoms with van der Waals surface area (Å²) in [6.07, 6.45) is 4.82. The molecule has 0 bridgehead atoms. The number of esters is 1. The van der Waals surface area contributed by atoms with Crippen molar-refractivity contribution in [2.45, 2.75) is 110 Å². The van der Waals surface area contributed by atoms with Crippen molar-refractivity contribution in [2.75, 3.05) is 7.11 Å². The molecule has 17 heteroatoms. The van der Waals surface area contributed by atoms with E-state index in [2.05, 4.69) is 63.1 Å². The molecule has 4 aliphatic heterocycles. The summed E-state index contributed by atoms with van der Waals surface area (Å²) in [7, 11) is -2.98. The summed E-state index contributed by atoms with van der Waals surface area (Å²) in [4.78, 5) is 61.4. The molecule has 2 amide bonds. The van der Waals surface area contributed by atoms with Crippen molar-refractivity contribution in [1.82, 2.24) is 14.9 Å². The van der Waals surface area contributed by atoms with Gasteiger partial charge in [-0.1, -0.05) is 44.9 Å². The third-order valence-electron chi connectivity index (χ3n) is 10.0. The number of carbonyl (C=O) groups excluding carboxylic acids is 5. The Hall–Kier alpha value is -5.96. The summed E-state index contributed by atoms with van der Waals surface area (Å²) in [6.45, 7) is 12.1. The number of para-hydroxylation sites is 1. The maximum absolute atomic E-state index is 13.6. The number of aliphatic hydroxyl groups excluding tert-OH is 2. The lowest BCUT2D eigenvalue weighted by molar-refractivity contribution is -0.148. The van der Waals surface area contributed by atoms with E-state index >= 15 is 0 Å². The second kappa shape index (κ2) is 24.6. The Morgan fingerprint density at radius 2 is 1.37 bits per heavy atom. The molecule has 0 aliphatic carbocycles. The minimum atomic E-state index is -4.17. The lowest BCUT2D eigenvalue weighted by Gasteiger charge is -2.30. The molecule has 0 saturated carbocycles. The smallest absolute Gasteiger partial charge is 0.459 e. The SMILES string of the molecule is C#CC#CC#CC#CC#CC.CC(O)[C@H]1O[C@@H](N2C=CC(=O)CC2=O)[C@@H](C)[C@@H]1C.COC(=O)[C@H](C)NP(=O)(Oc1ccccc1)OC(C)[C@H]1O[C@@H](N2C=CC(=O)CC2=O)[C@@H](C)[C@@H]1O.[2HH].[2H][2H].[2H][2H].[2H][2H]. The van der Waals surface area contributed by atoms with Crippen LogP contribution in [-0.4, -0.2) is 105 Å². The Morgan fingerprint density at radius 1 is 0.857 bits per heavy atom. The van der Waals surface area contributed by atoms with Crippen LogP contribution >= 0.6 is 7.75 Å². The zero-order valence-electron chi connectivity index (χ0n) is 42.3. The number of nitrogens with one attached hydrogen (secondary N) is 1. The largest absolute Gasteiger partial charge is 0.468 e. The molecule has 5 rings (SSSR count). The number of benzene rings is 1. The van der Waals surface area contributed by atoms with Gasteiger partial charge in [-0.2, -0.15) is 5.09 Å². The highest BCUT2D eigenvalue weighted by atomic mass is 31.2. The number of ether oxygens (including phenoxy) is 3. The van der Waals surface area contributed by atoms with Crippen molar-refractivity contribution in [3.8, 4) is 65.5 Å². The van der Waals surface area contributed by atoms with Gasteiger partial charge in [0, 0.05) is 34.6 Å².